The summed E-state index contributed by atoms with van der Waals surface area (Å²) in [6, 6.07) is 3.80. The zero-order valence-corrected chi connectivity index (χ0v) is 23.5. The number of hydrogen-bond acceptors (Lipinski definition) is 7. The minimum Gasteiger partial charge on any atom is -0.468 e. The second-order valence-electron chi connectivity index (χ2n) is 9.57. The van der Waals surface area contributed by atoms with Crippen molar-refractivity contribution in [2.45, 2.75) is 72.1 Å². The standard InChI is InChI=1S/C26H41N3O6S/c1-9-13-29(24(32)20(12-14-36-8)28-25(33)35-26(4,5)6)22(23(31)27-16-21(30)34-7)19-15-17(2)10-11-18(19)3/h10-11,15,20,22H,9,12-14,16H2,1-8H3,(H,27,31)(H,28,33). The number of aryl methyl sites for hydroxylation is 2. The minimum atomic E-state index is -1.00. The Balaban J connectivity index is 3.47. The quantitative estimate of drug-likeness (QED) is 0.403. The van der Waals surface area contributed by atoms with Gasteiger partial charge in [-0.25, -0.2) is 4.79 Å². The third-order valence-electron chi connectivity index (χ3n) is 5.27. The van der Waals surface area contributed by atoms with E-state index in [1.54, 1.807) is 32.5 Å². The fraction of sp³-hybridized carbons (Fsp3) is 0.615. The Kier molecular flexibility index (Phi) is 12.8. The Bertz CT molecular complexity index is 915. The lowest BCUT2D eigenvalue weighted by molar-refractivity contribution is -0.144. The van der Waals surface area contributed by atoms with Crippen molar-refractivity contribution in [2.75, 3.05) is 32.2 Å². The number of nitrogens with zero attached hydrogens (tertiary/aromatic N) is 1. The molecule has 0 aliphatic carbocycles. The highest BCUT2D eigenvalue weighted by molar-refractivity contribution is 7.98. The summed E-state index contributed by atoms with van der Waals surface area (Å²) in [6.07, 6.45) is 2.16. The molecule has 1 aromatic carbocycles. The number of methoxy groups -OCH3 is 1. The minimum absolute atomic E-state index is 0.272. The highest BCUT2D eigenvalue weighted by Crippen LogP contribution is 2.27. The average Bonchev–Trinajstić information content (AvgIpc) is 2.80. The number of nitrogens with one attached hydrogen (secondary N) is 2. The summed E-state index contributed by atoms with van der Waals surface area (Å²) in [4.78, 5) is 53.1. The van der Waals surface area contributed by atoms with Crippen LogP contribution in [0.5, 0.6) is 0 Å². The molecule has 2 N–H and O–H groups in total. The Morgan fingerprint density at radius 3 is 2.36 bits per heavy atom. The molecule has 0 aromatic heterocycles. The zero-order chi connectivity index (χ0) is 27.5. The van der Waals surface area contributed by atoms with E-state index in [1.807, 2.05) is 45.2 Å². The number of thioether (sulfide) groups is 1. The highest BCUT2D eigenvalue weighted by Gasteiger charge is 2.36. The van der Waals surface area contributed by atoms with Crippen molar-refractivity contribution in [3.63, 3.8) is 0 Å². The van der Waals surface area contributed by atoms with Crippen LogP contribution < -0.4 is 10.6 Å². The van der Waals surface area contributed by atoms with Gasteiger partial charge in [0.25, 0.3) is 0 Å². The largest absolute Gasteiger partial charge is 0.468 e. The maximum atomic E-state index is 13.9. The van der Waals surface area contributed by atoms with Crippen LogP contribution in [-0.2, 0) is 23.9 Å². The number of rotatable bonds is 12. The summed E-state index contributed by atoms with van der Waals surface area (Å²) in [5, 5.41) is 5.31. The van der Waals surface area contributed by atoms with Gasteiger partial charge in [-0.2, -0.15) is 11.8 Å². The van der Waals surface area contributed by atoms with Crippen molar-refractivity contribution < 1.29 is 28.7 Å². The molecule has 0 heterocycles. The molecule has 0 spiro atoms. The number of alkyl carbamates (subject to hydrolysis) is 1. The molecule has 1 aromatic rings. The van der Waals surface area contributed by atoms with Gasteiger partial charge in [-0.15, -0.1) is 0 Å². The second-order valence-corrected chi connectivity index (χ2v) is 10.6. The molecule has 0 bridgehead atoms. The van der Waals surface area contributed by atoms with E-state index >= 15 is 0 Å². The van der Waals surface area contributed by atoms with E-state index in [0.29, 0.717) is 24.2 Å². The average molecular weight is 524 g/mol. The van der Waals surface area contributed by atoms with Crippen LogP contribution in [0.15, 0.2) is 18.2 Å². The molecule has 0 saturated heterocycles. The summed E-state index contributed by atoms with van der Waals surface area (Å²) < 4.78 is 10.0. The highest BCUT2D eigenvalue weighted by atomic mass is 32.2. The lowest BCUT2D eigenvalue weighted by Gasteiger charge is -2.35. The SMILES string of the molecule is CCCN(C(=O)C(CCSC)NC(=O)OC(C)(C)C)C(C(=O)NCC(=O)OC)c1cc(C)ccc1C. The van der Waals surface area contributed by atoms with E-state index in [9.17, 15) is 19.2 Å². The molecule has 3 amide bonds. The molecule has 0 aliphatic heterocycles. The summed E-state index contributed by atoms with van der Waals surface area (Å²) in [7, 11) is 1.24. The third-order valence-corrected chi connectivity index (χ3v) is 5.92. The first-order valence-corrected chi connectivity index (χ1v) is 13.4. The van der Waals surface area contributed by atoms with Crippen molar-refractivity contribution >= 4 is 35.6 Å². The van der Waals surface area contributed by atoms with Crippen LogP contribution in [0.1, 0.15) is 63.3 Å². The van der Waals surface area contributed by atoms with E-state index in [-0.39, 0.29) is 13.1 Å². The third kappa shape index (κ3) is 10.1. The Morgan fingerprint density at radius 2 is 1.81 bits per heavy atom. The molecular weight excluding hydrogens is 482 g/mol. The topological polar surface area (TPSA) is 114 Å². The molecule has 1 rings (SSSR count). The lowest BCUT2D eigenvalue weighted by atomic mass is 9.96. The van der Waals surface area contributed by atoms with Crippen LogP contribution in [0.3, 0.4) is 0 Å². The molecule has 202 valence electrons. The van der Waals surface area contributed by atoms with Gasteiger partial charge in [0.05, 0.1) is 7.11 Å². The second kappa shape index (κ2) is 14.7. The van der Waals surface area contributed by atoms with E-state index in [1.165, 1.54) is 12.0 Å². The van der Waals surface area contributed by atoms with Gasteiger partial charge < -0.3 is 25.0 Å². The molecule has 0 fully saturated rings. The van der Waals surface area contributed by atoms with Gasteiger partial charge in [0, 0.05) is 6.54 Å². The van der Waals surface area contributed by atoms with Crippen molar-refractivity contribution in [3.05, 3.63) is 34.9 Å². The van der Waals surface area contributed by atoms with Crippen LogP contribution in [0.4, 0.5) is 4.79 Å². The van der Waals surface area contributed by atoms with Gasteiger partial charge in [-0.3, -0.25) is 14.4 Å². The molecular formula is C26H41N3O6S. The number of benzene rings is 1. The van der Waals surface area contributed by atoms with Gasteiger partial charge in [-0.05, 0) is 70.6 Å². The molecule has 0 saturated carbocycles. The van der Waals surface area contributed by atoms with E-state index in [0.717, 1.165) is 11.1 Å². The van der Waals surface area contributed by atoms with Crippen molar-refractivity contribution in [3.8, 4) is 0 Å². The fourth-order valence-corrected chi connectivity index (χ4v) is 4.06. The van der Waals surface area contributed by atoms with Crippen LogP contribution in [0.2, 0.25) is 0 Å². The predicted molar refractivity (Wildman–Crippen MR) is 142 cm³/mol. The first kappa shape index (κ1) is 31.3. The molecule has 9 nitrogen and oxygen atoms in total. The number of hydrogen-bond donors (Lipinski definition) is 2. The van der Waals surface area contributed by atoms with E-state index < -0.39 is 41.6 Å². The lowest BCUT2D eigenvalue weighted by Crippen LogP contribution is -2.53. The summed E-state index contributed by atoms with van der Waals surface area (Å²) >= 11 is 1.55. The van der Waals surface area contributed by atoms with Gasteiger partial charge in [-0.1, -0.05) is 30.7 Å². The van der Waals surface area contributed by atoms with Crippen LogP contribution in [0, 0.1) is 13.8 Å². The maximum absolute atomic E-state index is 13.9. The number of esters is 1. The predicted octanol–water partition coefficient (Wildman–Crippen LogP) is 3.52. The van der Waals surface area contributed by atoms with Gasteiger partial charge in [0.15, 0.2) is 0 Å². The molecule has 2 unspecified atom stereocenters. The Hall–Kier alpha value is -2.75. The molecule has 36 heavy (non-hydrogen) atoms. The smallest absolute Gasteiger partial charge is 0.408 e. The molecule has 0 aliphatic rings. The number of amides is 3. The van der Waals surface area contributed by atoms with Gasteiger partial charge in [0.1, 0.15) is 24.2 Å². The number of carbonyl (C=O) groups is 4. The molecule has 10 heteroatoms. The number of carbonyl (C=O) groups excluding carboxylic acids is 4. The van der Waals surface area contributed by atoms with Crippen molar-refractivity contribution in [1.29, 1.82) is 0 Å². The van der Waals surface area contributed by atoms with Crippen LogP contribution in [0.25, 0.3) is 0 Å². The normalized spacial score (nSPS) is 12.8. The van der Waals surface area contributed by atoms with Gasteiger partial charge >= 0.3 is 12.1 Å². The Labute approximate surface area is 219 Å². The van der Waals surface area contributed by atoms with Crippen molar-refractivity contribution in [2.24, 2.45) is 0 Å². The van der Waals surface area contributed by atoms with E-state index in [2.05, 4.69) is 15.4 Å². The van der Waals surface area contributed by atoms with Gasteiger partial charge in [0.2, 0.25) is 11.8 Å². The van der Waals surface area contributed by atoms with Crippen molar-refractivity contribution in [1.82, 2.24) is 15.5 Å². The first-order chi connectivity index (χ1) is 16.8. The van der Waals surface area contributed by atoms with Crippen LogP contribution >= 0.6 is 11.8 Å². The maximum Gasteiger partial charge on any atom is 0.408 e. The van der Waals surface area contributed by atoms with Crippen LogP contribution in [-0.4, -0.2) is 72.6 Å². The monoisotopic (exact) mass is 523 g/mol. The first-order valence-electron chi connectivity index (χ1n) is 12.0. The molecule has 0 radical (unpaired) electrons. The molecule has 2 atom stereocenters. The zero-order valence-electron chi connectivity index (χ0n) is 22.7. The van der Waals surface area contributed by atoms with E-state index in [4.69, 9.17) is 4.74 Å². The summed E-state index contributed by atoms with van der Waals surface area (Å²) in [5.41, 5.74) is 1.68. The summed E-state index contributed by atoms with van der Waals surface area (Å²) in [5.74, 6) is -0.872. The Morgan fingerprint density at radius 1 is 1.14 bits per heavy atom. The fourth-order valence-electron chi connectivity index (χ4n) is 3.58. The number of ether oxygens (including phenoxy) is 2. The summed E-state index contributed by atoms with van der Waals surface area (Å²) in [6.45, 7) is 10.9.